The third-order valence-electron chi connectivity index (χ3n) is 3.98. The van der Waals surface area contributed by atoms with E-state index in [2.05, 4.69) is 6.58 Å². The largest absolute Gasteiger partial charge is 0.493 e. The number of carbonyl (C=O) groups is 2. The van der Waals surface area contributed by atoms with E-state index in [1.54, 1.807) is 43.5 Å². The number of halogens is 1. The molecule has 1 fully saturated rings. The number of ether oxygens (including phenoxy) is 2. The minimum Gasteiger partial charge on any atom is -0.493 e. The first-order valence-corrected chi connectivity index (χ1v) is 9.63. The monoisotopic (exact) mass is 415 g/mol. The molecule has 0 N–H and O–H groups in total. The van der Waals surface area contributed by atoms with E-state index < -0.39 is 0 Å². The van der Waals surface area contributed by atoms with Crippen molar-refractivity contribution in [1.29, 1.82) is 0 Å². The number of amides is 2. The number of imide groups is 1. The summed E-state index contributed by atoms with van der Waals surface area (Å²) >= 11 is 6.80. The molecule has 0 atom stereocenters. The third kappa shape index (κ3) is 4.58. The number of hydrogen-bond donors (Lipinski definition) is 0. The Morgan fingerprint density at radius 3 is 2.57 bits per heavy atom. The summed E-state index contributed by atoms with van der Waals surface area (Å²) in [6, 6.07) is 12.7. The van der Waals surface area contributed by atoms with E-state index in [4.69, 9.17) is 21.1 Å². The van der Waals surface area contributed by atoms with Crippen LogP contribution in [0.5, 0.6) is 11.5 Å². The molecule has 1 saturated heterocycles. The normalized spacial score (nSPS) is 15.2. The van der Waals surface area contributed by atoms with Crippen LogP contribution in [0.15, 0.2) is 60.0 Å². The Kier molecular flexibility index (Phi) is 6.44. The van der Waals surface area contributed by atoms with Crippen LogP contribution in [0.2, 0.25) is 5.02 Å². The van der Waals surface area contributed by atoms with Crippen molar-refractivity contribution in [1.82, 2.24) is 4.90 Å². The zero-order valence-corrected chi connectivity index (χ0v) is 16.8. The first-order valence-electron chi connectivity index (χ1n) is 8.43. The van der Waals surface area contributed by atoms with E-state index in [0.29, 0.717) is 28.0 Å². The number of thioether (sulfide) groups is 1. The molecular formula is C21H18ClNO4S. The van der Waals surface area contributed by atoms with Crippen LogP contribution in [-0.2, 0) is 11.4 Å². The fourth-order valence-electron chi connectivity index (χ4n) is 2.57. The highest BCUT2D eigenvalue weighted by Gasteiger charge is 2.34. The molecule has 0 radical (unpaired) electrons. The van der Waals surface area contributed by atoms with Crippen molar-refractivity contribution in [2.24, 2.45) is 0 Å². The average Bonchev–Trinajstić information content (AvgIpc) is 2.96. The molecular weight excluding hydrogens is 398 g/mol. The molecule has 0 saturated carbocycles. The molecule has 2 amide bonds. The van der Waals surface area contributed by atoms with E-state index in [1.165, 1.54) is 6.08 Å². The van der Waals surface area contributed by atoms with Crippen LogP contribution in [0.1, 0.15) is 11.1 Å². The minimum absolute atomic E-state index is 0.197. The number of hydrogen-bond acceptors (Lipinski definition) is 5. The molecule has 1 aliphatic rings. The Hall–Kier alpha value is -2.70. The van der Waals surface area contributed by atoms with Crippen molar-refractivity contribution in [3.63, 3.8) is 0 Å². The summed E-state index contributed by atoms with van der Waals surface area (Å²) in [7, 11) is 1.55. The van der Waals surface area contributed by atoms with Gasteiger partial charge in [-0.2, -0.15) is 0 Å². The lowest BCUT2D eigenvalue weighted by molar-refractivity contribution is -0.122. The predicted octanol–water partition coefficient (Wildman–Crippen LogP) is 5.15. The summed E-state index contributed by atoms with van der Waals surface area (Å²) in [6.45, 7) is 4.13. The molecule has 0 aliphatic carbocycles. The van der Waals surface area contributed by atoms with Crippen LogP contribution in [-0.4, -0.2) is 29.7 Å². The molecule has 7 heteroatoms. The van der Waals surface area contributed by atoms with Gasteiger partial charge in [0.1, 0.15) is 6.61 Å². The van der Waals surface area contributed by atoms with Gasteiger partial charge in [0.15, 0.2) is 11.5 Å². The van der Waals surface area contributed by atoms with Gasteiger partial charge in [0.25, 0.3) is 11.1 Å². The quantitative estimate of drug-likeness (QED) is 0.462. The smallest absolute Gasteiger partial charge is 0.293 e. The molecule has 2 aromatic rings. The van der Waals surface area contributed by atoms with Crippen LogP contribution < -0.4 is 9.47 Å². The number of benzene rings is 2. The Balaban J connectivity index is 1.76. The van der Waals surface area contributed by atoms with Gasteiger partial charge >= 0.3 is 0 Å². The molecule has 3 rings (SSSR count). The van der Waals surface area contributed by atoms with Crippen molar-refractivity contribution < 1.29 is 19.1 Å². The highest BCUT2D eigenvalue weighted by molar-refractivity contribution is 8.18. The second kappa shape index (κ2) is 8.99. The van der Waals surface area contributed by atoms with Gasteiger partial charge in [-0.15, -0.1) is 6.58 Å². The second-order valence-corrected chi connectivity index (χ2v) is 7.34. The summed E-state index contributed by atoms with van der Waals surface area (Å²) in [6.07, 6.45) is 3.19. The standard InChI is InChI=1S/C21H18ClNO4S/c1-3-10-23-20(24)19(28-21(23)25)12-15-6-9-17(18(11-15)26-2)27-13-14-4-7-16(22)8-5-14/h3-9,11-12H,1,10,13H2,2H3/b19-12+. The summed E-state index contributed by atoms with van der Waals surface area (Å²) in [4.78, 5) is 25.8. The molecule has 1 heterocycles. The van der Waals surface area contributed by atoms with E-state index in [1.807, 2.05) is 12.1 Å². The Labute approximate surface area is 172 Å². The van der Waals surface area contributed by atoms with E-state index in [-0.39, 0.29) is 17.7 Å². The topological polar surface area (TPSA) is 55.8 Å². The second-order valence-electron chi connectivity index (χ2n) is 5.91. The first-order chi connectivity index (χ1) is 13.5. The van der Waals surface area contributed by atoms with Crippen molar-refractivity contribution in [3.8, 4) is 11.5 Å². The lowest BCUT2D eigenvalue weighted by Gasteiger charge is -2.12. The van der Waals surface area contributed by atoms with Crippen LogP contribution in [0.3, 0.4) is 0 Å². The SMILES string of the molecule is C=CCN1C(=O)S/C(=C/c2ccc(OCc3ccc(Cl)cc3)c(OC)c2)C1=O. The molecule has 0 bridgehead atoms. The first kappa shape index (κ1) is 20.0. The maximum Gasteiger partial charge on any atom is 0.293 e. The minimum atomic E-state index is -0.322. The van der Waals surface area contributed by atoms with Gasteiger partial charge in [-0.25, -0.2) is 0 Å². The van der Waals surface area contributed by atoms with Gasteiger partial charge in [-0.05, 0) is 53.2 Å². The summed E-state index contributed by atoms with van der Waals surface area (Å²) in [5, 5.41) is 0.370. The Bertz CT molecular complexity index is 940. The van der Waals surface area contributed by atoms with Crippen molar-refractivity contribution in [2.45, 2.75) is 6.61 Å². The third-order valence-corrected chi connectivity index (χ3v) is 5.14. The summed E-state index contributed by atoms with van der Waals surface area (Å²) < 4.78 is 11.2. The maximum atomic E-state index is 12.3. The molecule has 28 heavy (non-hydrogen) atoms. The highest BCUT2D eigenvalue weighted by Crippen LogP contribution is 2.34. The van der Waals surface area contributed by atoms with Gasteiger partial charge in [0, 0.05) is 11.6 Å². The zero-order chi connectivity index (χ0) is 20.1. The summed E-state index contributed by atoms with van der Waals surface area (Å²) in [5.74, 6) is 0.791. The van der Waals surface area contributed by atoms with Crippen LogP contribution >= 0.6 is 23.4 Å². The molecule has 1 aliphatic heterocycles. The van der Waals surface area contributed by atoms with Gasteiger partial charge in [0.2, 0.25) is 0 Å². The van der Waals surface area contributed by atoms with Crippen molar-refractivity contribution in [2.75, 3.05) is 13.7 Å². The van der Waals surface area contributed by atoms with Crippen molar-refractivity contribution >= 4 is 40.6 Å². The van der Waals surface area contributed by atoms with Gasteiger partial charge in [0.05, 0.1) is 12.0 Å². The fraction of sp³-hybridized carbons (Fsp3) is 0.143. The fourth-order valence-corrected chi connectivity index (χ4v) is 3.55. The van der Waals surface area contributed by atoms with E-state index >= 15 is 0 Å². The number of nitrogens with zero attached hydrogens (tertiary/aromatic N) is 1. The molecule has 0 aromatic heterocycles. The zero-order valence-electron chi connectivity index (χ0n) is 15.2. The lowest BCUT2D eigenvalue weighted by atomic mass is 10.1. The molecule has 2 aromatic carbocycles. The molecule has 144 valence electrons. The van der Waals surface area contributed by atoms with Crippen molar-refractivity contribution in [3.05, 3.63) is 76.2 Å². The maximum absolute atomic E-state index is 12.3. The highest BCUT2D eigenvalue weighted by atomic mass is 35.5. The Morgan fingerprint density at radius 1 is 1.14 bits per heavy atom. The van der Waals surface area contributed by atoms with E-state index in [0.717, 1.165) is 27.8 Å². The average molecular weight is 416 g/mol. The number of rotatable bonds is 7. The molecule has 5 nitrogen and oxygen atoms in total. The lowest BCUT2D eigenvalue weighted by Crippen LogP contribution is -2.27. The van der Waals surface area contributed by atoms with Gasteiger partial charge < -0.3 is 9.47 Å². The van der Waals surface area contributed by atoms with Crippen LogP contribution in [0, 0.1) is 0 Å². The summed E-state index contributed by atoms with van der Waals surface area (Å²) in [5.41, 5.74) is 1.71. The van der Waals surface area contributed by atoms with Gasteiger partial charge in [-0.1, -0.05) is 35.9 Å². The number of methoxy groups -OCH3 is 1. The number of carbonyl (C=O) groups excluding carboxylic acids is 2. The van der Waals surface area contributed by atoms with Crippen LogP contribution in [0.25, 0.3) is 6.08 Å². The van der Waals surface area contributed by atoms with E-state index in [9.17, 15) is 9.59 Å². The van der Waals surface area contributed by atoms with Gasteiger partial charge in [-0.3, -0.25) is 14.5 Å². The Morgan fingerprint density at radius 2 is 1.89 bits per heavy atom. The predicted molar refractivity (Wildman–Crippen MR) is 112 cm³/mol. The van der Waals surface area contributed by atoms with Crippen LogP contribution in [0.4, 0.5) is 4.79 Å². The molecule has 0 unspecified atom stereocenters. The molecule has 0 spiro atoms.